The number of hydrogen-bond donors (Lipinski definition) is 1. The van der Waals surface area contributed by atoms with E-state index < -0.39 is 0 Å². The SMILES string of the molecule is CC(C)NCc1cc(N(C)Cc2ccsc2)ncc1Cl. The zero-order valence-electron chi connectivity index (χ0n) is 12.1. The topological polar surface area (TPSA) is 28.2 Å². The number of nitrogens with zero attached hydrogens (tertiary/aromatic N) is 2. The molecular weight excluding hydrogens is 290 g/mol. The summed E-state index contributed by atoms with van der Waals surface area (Å²) in [5.41, 5.74) is 2.39. The molecule has 0 spiro atoms. The fraction of sp³-hybridized carbons (Fsp3) is 0.400. The number of hydrogen-bond acceptors (Lipinski definition) is 4. The number of pyridine rings is 1. The largest absolute Gasteiger partial charge is 0.355 e. The molecule has 3 nitrogen and oxygen atoms in total. The quantitative estimate of drug-likeness (QED) is 0.876. The van der Waals surface area contributed by atoms with Gasteiger partial charge in [-0.1, -0.05) is 25.4 Å². The third-order valence-electron chi connectivity index (χ3n) is 3.01. The molecule has 1 N–H and O–H groups in total. The predicted molar refractivity (Wildman–Crippen MR) is 87.6 cm³/mol. The Bertz CT molecular complexity index is 540. The Morgan fingerprint density at radius 3 is 2.90 bits per heavy atom. The molecule has 0 saturated carbocycles. The molecule has 0 aliphatic rings. The number of halogens is 1. The first-order chi connectivity index (χ1) is 9.56. The van der Waals surface area contributed by atoms with Crippen LogP contribution in [-0.2, 0) is 13.1 Å². The predicted octanol–water partition coefficient (Wildman–Crippen LogP) is 3.93. The monoisotopic (exact) mass is 309 g/mol. The van der Waals surface area contributed by atoms with Crippen molar-refractivity contribution in [3.8, 4) is 0 Å². The highest BCUT2D eigenvalue weighted by atomic mass is 35.5. The molecule has 2 heterocycles. The number of aromatic nitrogens is 1. The van der Waals surface area contributed by atoms with Crippen LogP contribution in [0.25, 0.3) is 0 Å². The minimum absolute atomic E-state index is 0.436. The van der Waals surface area contributed by atoms with Gasteiger partial charge in [-0.05, 0) is 34.0 Å². The van der Waals surface area contributed by atoms with Crippen LogP contribution in [0.5, 0.6) is 0 Å². The lowest BCUT2D eigenvalue weighted by Gasteiger charge is -2.19. The Balaban J connectivity index is 2.09. The summed E-state index contributed by atoms with van der Waals surface area (Å²) in [5.74, 6) is 0.946. The summed E-state index contributed by atoms with van der Waals surface area (Å²) in [4.78, 5) is 6.55. The first kappa shape index (κ1) is 15.3. The van der Waals surface area contributed by atoms with Gasteiger partial charge in [-0.25, -0.2) is 4.98 Å². The maximum Gasteiger partial charge on any atom is 0.128 e. The first-order valence-electron chi connectivity index (χ1n) is 6.66. The van der Waals surface area contributed by atoms with Crippen LogP contribution in [0.15, 0.2) is 29.1 Å². The molecule has 0 aliphatic heterocycles. The fourth-order valence-corrected chi connectivity index (χ4v) is 2.69. The second-order valence-corrected chi connectivity index (χ2v) is 6.34. The number of thiophene rings is 1. The highest BCUT2D eigenvalue weighted by Crippen LogP contribution is 2.21. The molecule has 0 atom stereocenters. The molecular formula is C15H20ClN3S. The second kappa shape index (κ2) is 7.07. The zero-order chi connectivity index (χ0) is 14.5. The lowest BCUT2D eigenvalue weighted by molar-refractivity contribution is 0.588. The molecule has 2 aromatic rings. The normalized spacial score (nSPS) is 11.1. The molecule has 2 rings (SSSR count). The van der Waals surface area contributed by atoms with E-state index in [1.165, 1.54) is 5.56 Å². The van der Waals surface area contributed by atoms with Crippen LogP contribution in [0.4, 0.5) is 5.82 Å². The molecule has 0 aliphatic carbocycles. The third-order valence-corrected chi connectivity index (χ3v) is 4.08. The van der Waals surface area contributed by atoms with Gasteiger partial charge in [0.15, 0.2) is 0 Å². The molecule has 2 aromatic heterocycles. The minimum atomic E-state index is 0.436. The van der Waals surface area contributed by atoms with Crippen molar-refractivity contribution in [3.05, 3.63) is 45.2 Å². The van der Waals surface area contributed by atoms with Crippen molar-refractivity contribution in [1.82, 2.24) is 10.3 Å². The van der Waals surface area contributed by atoms with Crippen LogP contribution in [0.3, 0.4) is 0 Å². The van der Waals surface area contributed by atoms with Gasteiger partial charge in [-0.15, -0.1) is 0 Å². The van der Waals surface area contributed by atoms with E-state index in [2.05, 4.69) is 51.9 Å². The summed E-state index contributed by atoms with van der Waals surface area (Å²) >= 11 is 7.92. The molecule has 5 heteroatoms. The summed E-state index contributed by atoms with van der Waals surface area (Å²) in [6.07, 6.45) is 1.73. The third kappa shape index (κ3) is 4.20. The first-order valence-corrected chi connectivity index (χ1v) is 7.98. The van der Waals surface area contributed by atoms with Crippen LogP contribution in [0, 0.1) is 0 Å². The Morgan fingerprint density at radius 2 is 2.25 bits per heavy atom. The van der Waals surface area contributed by atoms with E-state index in [1.54, 1.807) is 17.5 Å². The summed E-state index contributed by atoms with van der Waals surface area (Å²) in [6, 6.07) is 4.63. The molecule has 0 bridgehead atoms. The maximum atomic E-state index is 6.21. The van der Waals surface area contributed by atoms with E-state index in [4.69, 9.17) is 11.6 Å². The van der Waals surface area contributed by atoms with E-state index in [-0.39, 0.29) is 0 Å². The highest BCUT2D eigenvalue weighted by Gasteiger charge is 2.08. The van der Waals surface area contributed by atoms with Crippen molar-refractivity contribution < 1.29 is 0 Å². The van der Waals surface area contributed by atoms with Crippen LogP contribution < -0.4 is 10.2 Å². The summed E-state index contributed by atoms with van der Waals surface area (Å²) < 4.78 is 0. The van der Waals surface area contributed by atoms with E-state index >= 15 is 0 Å². The van der Waals surface area contributed by atoms with Crippen molar-refractivity contribution in [2.75, 3.05) is 11.9 Å². The molecule has 20 heavy (non-hydrogen) atoms. The Kier molecular flexibility index (Phi) is 5.40. The van der Waals surface area contributed by atoms with Gasteiger partial charge in [-0.2, -0.15) is 11.3 Å². The van der Waals surface area contributed by atoms with Gasteiger partial charge in [0.1, 0.15) is 5.82 Å². The average molecular weight is 310 g/mol. The van der Waals surface area contributed by atoms with E-state index in [9.17, 15) is 0 Å². The Labute approximate surface area is 129 Å². The molecule has 0 unspecified atom stereocenters. The van der Waals surface area contributed by atoms with Crippen molar-refractivity contribution in [3.63, 3.8) is 0 Å². The standard InChI is InChI=1S/C15H20ClN3S/c1-11(2)17-7-13-6-15(18-8-14(13)16)19(3)9-12-4-5-20-10-12/h4-6,8,10-11,17H,7,9H2,1-3H3. The van der Waals surface area contributed by atoms with Crippen LogP contribution >= 0.6 is 22.9 Å². The summed E-state index contributed by atoms with van der Waals surface area (Å²) in [6.45, 7) is 5.87. The fourth-order valence-electron chi connectivity index (χ4n) is 1.86. The van der Waals surface area contributed by atoms with E-state index in [0.717, 1.165) is 24.5 Å². The number of anilines is 1. The number of nitrogens with one attached hydrogen (secondary N) is 1. The smallest absolute Gasteiger partial charge is 0.128 e. The minimum Gasteiger partial charge on any atom is -0.355 e. The lowest BCUT2D eigenvalue weighted by Crippen LogP contribution is -2.23. The summed E-state index contributed by atoms with van der Waals surface area (Å²) in [5, 5.41) is 8.35. The zero-order valence-corrected chi connectivity index (χ0v) is 13.6. The molecule has 108 valence electrons. The van der Waals surface area contributed by atoms with Crippen LogP contribution in [-0.4, -0.2) is 18.1 Å². The van der Waals surface area contributed by atoms with Crippen molar-refractivity contribution in [2.45, 2.75) is 33.0 Å². The molecule has 0 aromatic carbocycles. The molecule has 0 saturated heterocycles. The number of rotatable bonds is 6. The van der Waals surface area contributed by atoms with Gasteiger partial charge in [0, 0.05) is 32.4 Å². The van der Waals surface area contributed by atoms with Crippen LogP contribution in [0.1, 0.15) is 25.0 Å². The Hall–Kier alpha value is -1.10. The second-order valence-electron chi connectivity index (χ2n) is 5.16. The van der Waals surface area contributed by atoms with Gasteiger partial charge in [0.2, 0.25) is 0 Å². The summed E-state index contributed by atoms with van der Waals surface area (Å²) in [7, 11) is 2.05. The van der Waals surface area contributed by atoms with E-state index in [0.29, 0.717) is 11.1 Å². The lowest BCUT2D eigenvalue weighted by atomic mass is 10.2. The van der Waals surface area contributed by atoms with Gasteiger partial charge in [0.25, 0.3) is 0 Å². The van der Waals surface area contributed by atoms with E-state index in [1.807, 2.05) is 7.05 Å². The van der Waals surface area contributed by atoms with Gasteiger partial charge >= 0.3 is 0 Å². The van der Waals surface area contributed by atoms with Crippen molar-refractivity contribution >= 4 is 28.8 Å². The van der Waals surface area contributed by atoms with Gasteiger partial charge in [-0.3, -0.25) is 0 Å². The molecule has 0 fully saturated rings. The van der Waals surface area contributed by atoms with Crippen molar-refractivity contribution in [1.29, 1.82) is 0 Å². The molecule has 0 amide bonds. The maximum absolute atomic E-state index is 6.21. The average Bonchev–Trinajstić information content (AvgIpc) is 2.90. The van der Waals surface area contributed by atoms with Gasteiger partial charge in [0.05, 0.1) is 5.02 Å². The molecule has 0 radical (unpaired) electrons. The van der Waals surface area contributed by atoms with Gasteiger partial charge < -0.3 is 10.2 Å². The Morgan fingerprint density at radius 1 is 1.45 bits per heavy atom. The van der Waals surface area contributed by atoms with Crippen molar-refractivity contribution in [2.24, 2.45) is 0 Å². The van der Waals surface area contributed by atoms with Crippen LogP contribution in [0.2, 0.25) is 5.02 Å². The highest BCUT2D eigenvalue weighted by molar-refractivity contribution is 7.07.